The molecule has 1 saturated heterocycles. The summed E-state index contributed by atoms with van der Waals surface area (Å²) in [6, 6.07) is 14.2. The monoisotopic (exact) mass is 612 g/mol. The van der Waals surface area contributed by atoms with Crippen molar-refractivity contribution in [2.45, 2.75) is 9.79 Å². The van der Waals surface area contributed by atoms with Crippen LogP contribution in [0.4, 0.5) is 11.4 Å². The van der Waals surface area contributed by atoms with Crippen LogP contribution in [0.3, 0.4) is 0 Å². The van der Waals surface area contributed by atoms with Gasteiger partial charge in [-0.3, -0.25) is 9.52 Å². The van der Waals surface area contributed by atoms with Gasteiger partial charge in [0.05, 0.1) is 35.3 Å². The first-order valence-electron chi connectivity index (χ1n) is 11.6. The molecule has 0 saturated carbocycles. The lowest BCUT2D eigenvalue weighted by Gasteiger charge is -2.25. The SMILES string of the molecule is COc1cc(NS(=O)(=O)c2ccc([ClH+])cc2)c(C(=O)Nc2ccc(S(=O)(=O)N3CCSCC3)cc2)cc1OC. The zero-order valence-corrected chi connectivity index (χ0v) is 24.3. The number of nitrogens with zero attached hydrogens (tertiary/aromatic N) is 1. The second kappa shape index (κ2) is 12.0. The fourth-order valence-electron chi connectivity index (χ4n) is 3.82. The van der Waals surface area contributed by atoms with Crippen molar-refractivity contribution in [2.75, 3.05) is 48.9 Å². The number of ether oxygens (including phenoxy) is 2. The van der Waals surface area contributed by atoms with E-state index in [9.17, 15) is 21.6 Å². The minimum Gasteiger partial charge on any atom is -0.493 e. The fraction of sp³-hybridized carbons (Fsp3) is 0.240. The van der Waals surface area contributed by atoms with Crippen molar-refractivity contribution in [3.05, 3.63) is 71.2 Å². The fourth-order valence-corrected chi connectivity index (χ4v) is 7.60. The van der Waals surface area contributed by atoms with Gasteiger partial charge < -0.3 is 14.8 Å². The summed E-state index contributed by atoms with van der Waals surface area (Å²) in [7, 11) is -4.95. The summed E-state index contributed by atoms with van der Waals surface area (Å²) < 4.78 is 66.4. The van der Waals surface area contributed by atoms with Gasteiger partial charge in [-0.15, -0.1) is 0 Å². The van der Waals surface area contributed by atoms with Crippen LogP contribution in [0.15, 0.2) is 70.5 Å². The molecule has 2 N–H and O–H groups in total. The van der Waals surface area contributed by atoms with E-state index in [2.05, 4.69) is 10.0 Å². The van der Waals surface area contributed by atoms with Gasteiger partial charge in [0, 0.05) is 48.5 Å². The Morgan fingerprint density at radius 1 is 0.872 bits per heavy atom. The molecule has 0 radical (unpaired) electrons. The lowest BCUT2D eigenvalue weighted by atomic mass is 10.1. The van der Waals surface area contributed by atoms with Crippen LogP contribution in [0.2, 0.25) is 5.02 Å². The van der Waals surface area contributed by atoms with Crippen LogP contribution in [0.25, 0.3) is 0 Å². The highest BCUT2D eigenvalue weighted by Gasteiger charge is 2.26. The predicted octanol–water partition coefficient (Wildman–Crippen LogP) is 3.19. The van der Waals surface area contributed by atoms with Crippen molar-refractivity contribution >= 4 is 49.1 Å². The Morgan fingerprint density at radius 2 is 1.44 bits per heavy atom. The molecule has 0 atom stereocenters. The van der Waals surface area contributed by atoms with E-state index >= 15 is 0 Å². The van der Waals surface area contributed by atoms with Crippen molar-refractivity contribution in [3.63, 3.8) is 0 Å². The molecule has 10 nitrogen and oxygen atoms in total. The zero-order chi connectivity index (χ0) is 28.2. The van der Waals surface area contributed by atoms with Crippen molar-refractivity contribution < 1.29 is 42.7 Å². The number of benzene rings is 3. The number of sulfonamides is 2. The van der Waals surface area contributed by atoms with Crippen LogP contribution >= 0.6 is 11.8 Å². The van der Waals surface area contributed by atoms with Gasteiger partial charge in [0.1, 0.15) is 0 Å². The lowest BCUT2D eigenvalue weighted by Crippen LogP contribution is -2.37. The van der Waals surface area contributed by atoms with Gasteiger partial charge in [0.2, 0.25) is 15.0 Å². The van der Waals surface area contributed by atoms with Crippen LogP contribution in [-0.4, -0.2) is 65.9 Å². The number of anilines is 2. The first-order valence-corrected chi connectivity index (χ1v) is 16.1. The average molecular weight is 613 g/mol. The van der Waals surface area contributed by atoms with Crippen molar-refractivity contribution in [2.24, 2.45) is 0 Å². The molecular weight excluding hydrogens is 586 g/mol. The summed E-state index contributed by atoms with van der Waals surface area (Å²) in [4.78, 5) is 13.4. The minimum atomic E-state index is -4.08. The normalized spacial score (nSPS) is 14.4. The smallest absolute Gasteiger partial charge is 0.261 e. The van der Waals surface area contributed by atoms with E-state index in [0.29, 0.717) is 23.8 Å². The summed E-state index contributed by atoms with van der Waals surface area (Å²) in [5.41, 5.74) is 0.228. The van der Waals surface area contributed by atoms with Crippen LogP contribution in [0.5, 0.6) is 11.5 Å². The average Bonchev–Trinajstić information content (AvgIpc) is 2.93. The summed E-state index contributed by atoms with van der Waals surface area (Å²) in [6.07, 6.45) is 0. The third-order valence-electron chi connectivity index (χ3n) is 5.87. The van der Waals surface area contributed by atoms with E-state index in [1.54, 1.807) is 11.8 Å². The molecule has 3 aromatic carbocycles. The first kappa shape index (κ1) is 29.0. The molecule has 14 heteroatoms. The van der Waals surface area contributed by atoms with Crippen LogP contribution in [0.1, 0.15) is 10.4 Å². The summed E-state index contributed by atoms with van der Waals surface area (Å²) in [5, 5.41) is 3.16. The number of carbonyl (C=O) groups excluding carboxylic acids is 1. The number of hydrogen-bond acceptors (Lipinski definition) is 8. The maximum atomic E-state index is 13.3. The Morgan fingerprint density at radius 3 is 2.03 bits per heavy atom. The Labute approximate surface area is 236 Å². The molecule has 0 aromatic heterocycles. The highest BCUT2D eigenvalue weighted by Crippen LogP contribution is 2.35. The molecule has 1 aliphatic rings. The molecule has 1 aliphatic heterocycles. The molecule has 0 spiro atoms. The third kappa shape index (κ3) is 6.61. The minimum absolute atomic E-state index is 0.0404. The van der Waals surface area contributed by atoms with Crippen molar-refractivity contribution in [1.82, 2.24) is 4.31 Å². The van der Waals surface area contributed by atoms with E-state index in [0.717, 1.165) is 11.5 Å². The number of nitrogens with one attached hydrogen (secondary N) is 2. The van der Waals surface area contributed by atoms with Gasteiger partial charge in [-0.2, -0.15) is 16.1 Å². The van der Waals surface area contributed by atoms with E-state index in [4.69, 9.17) is 21.1 Å². The van der Waals surface area contributed by atoms with Crippen LogP contribution in [0, 0.1) is 11.6 Å². The number of amides is 1. The maximum absolute atomic E-state index is 13.3. The predicted molar refractivity (Wildman–Crippen MR) is 148 cm³/mol. The summed E-state index contributed by atoms with van der Waals surface area (Å²) in [6.45, 7) is 0.891. The molecule has 0 aliphatic carbocycles. The van der Waals surface area contributed by atoms with Gasteiger partial charge in [0.15, 0.2) is 23.1 Å². The number of halogens is 1. The topological polar surface area (TPSA) is 131 Å². The van der Waals surface area contributed by atoms with Crippen molar-refractivity contribution in [1.29, 1.82) is 0 Å². The van der Waals surface area contributed by atoms with Crippen molar-refractivity contribution in [3.8, 4) is 11.5 Å². The molecule has 1 heterocycles. The first-order chi connectivity index (χ1) is 18.5. The zero-order valence-electron chi connectivity index (χ0n) is 21.0. The quantitative estimate of drug-likeness (QED) is 0.377. The van der Waals surface area contributed by atoms with Crippen LogP contribution < -0.4 is 19.5 Å². The standard InChI is InChI=1S/C25H26ClN3O7S3/c1-35-23-15-21(22(16-24(23)36-2)28-38(31,32)19-7-3-17(26)4-8-19)25(30)27-18-5-9-20(10-6-18)39(33,34)29-11-13-37-14-12-29/h3-10,15-16,26H,11-14H2,1-2H3,(H-,27,28,30)/p+1. The molecule has 3 aromatic rings. The summed E-state index contributed by atoms with van der Waals surface area (Å²) >= 11 is 6.74. The molecular formula is C25H27ClN3O7S3+. The van der Waals surface area contributed by atoms with E-state index in [1.807, 2.05) is 0 Å². The van der Waals surface area contributed by atoms with E-state index < -0.39 is 26.0 Å². The number of hydrogen-bond donors (Lipinski definition) is 2. The Kier molecular flexibility index (Phi) is 8.96. The molecule has 1 fully saturated rings. The molecule has 0 unspecified atom stereocenters. The van der Waals surface area contributed by atoms with Crippen LogP contribution in [-0.2, 0) is 20.0 Å². The van der Waals surface area contributed by atoms with E-state index in [-0.39, 0.29) is 32.5 Å². The van der Waals surface area contributed by atoms with Gasteiger partial charge in [-0.25, -0.2) is 16.8 Å². The number of carbonyl (C=O) groups is 1. The Hall–Kier alpha value is -2.97. The van der Waals surface area contributed by atoms with Gasteiger partial charge in [-0.1, -0.05) is 0 Å². The molecule has 4 rings (SSSR count). The largest absolute Gasteiger partial charge is 0.493 e. The summed E-state index contributed by atoms with van der Waals surface area (Å²) in [5.74, 6) is 1.24. The molecule has 1 amide bonds. The van der Waals surface area contributed by atoms with Gasteiger partial charge >= 0.3 is 0 Å². The molecule has 208 valence electrons. The highest BCUT2D eigenvalue weighted by atomic mass is 35.5. The highest BCUT2D eigenvalue weighted by molar-refractivity contribution is 7.99. The lowest BCUT2D eigenvalue weighted by molar-refractivity contribution is -0.288. The van der Waals surface area contributed by atoms with Gasteiger partial charge in [-0.05, 0) is 42.5 Å². The maximum Gasteiger partial charge on any atom is 0.261 e. The number of methoxy groups -OCH3 is 2. The Balaban J connectivity index is 1.62. The molecule has 0 bridgehead atoms. The van der Waals surface area contributed by atoms with Gasteiger partial charge in [0.25, 0.3) is 15.9 Å². The molecule has 39 heavy (non-hydrogen) atoms. The third-order valence-corrected chi connectivity index (χ3v) is 10.4. The number of rotatable bonds is 9. The Bertz CT molecular complexity index is 1560. The van der Waals surface area contributed by atoms with E-state index in [1.165, 1.54) is 79.2 Å². The second-order valence-corrected chi connectivity index (χ2v) is 13.6. The number of thioether (sulfide) groups is 1. The second-order valence-electron chi connectivity index (χ2n) is 8.32.